The first kappa shape index (κ1) is 13.4. The van der Waals surface area contributed by atoms with Gasteiger partial charge in [0.15, 0.2) is 0 Å². The largest absolute Gasteiger partial charge is 0.469 e. The first-order chi connectivity index (χ1) is 8.22. The fraction of sp³-hybridized carbons (Fsp3) is 0.333. The van der Waals surface area contributed by atoms with Gasteiger partial charge in [-0.2, -0.15) is 5.26 Å². The first-order valence-corrected chi connectivity index (χ1v) is 6.33. The molecule has 0 atom stereocenters. The van der Waals surface area contributed by atoms with Gasteiger partial charge in [-0.05, 0) is 18.4 Å². The van der Waals surface area contributed by atoms with E-state index in [1.54, 1.807) is 0 Å². The average Bonchev–Trinajstić information content (AvgIpc) is 2.37. The number of esters is 1. The lowest BCUT2D eigenvalue weighted by atomic mass is 10.2. The molecule has 0 fully saturated rings. The first-order valence-electron chi connectivity index (χ1n) is 5.10. The summed E-state index contributed by atoms with van der Waals surface area (Å²) in [6, 6.07) is 7.78. The highest BCUT2D eigenvalue weighted by Crippen LogP contribution is 2.26. The Morgan fingerprint density at radius 3 is 2.94 bits per heavy atom. The summed E-state index contributed by atoms with van der Waals surface area (Å²) in [6.07, 6.45) is 2.21. The van der Waals surface area contributed by atoms with Crippen molar-refractivity contribution in [2.75, 3.05) is 25.2 Å². The van der Waals surface area contributed by atoms with E-state index in [2.05, 4.69) is 16.1 Å². The van der Waals surface area contributed by atoms with Crippen LogP contribution in [0.5, 0.6) is 0 Å². The molecule has 5 heteroatoms. The molecule has 0 spiro atoms. The summed E-state index contributed by atoms with van der Waals surface area (Å²) in [5, 5.41) is 12.2. The summed E-state index contributed by atoms with van der Waals surface area (Å²) in [7, 11) is 1.36. The van der Waals surface area contributed by atoms with Crippen LogP contribution in [0.4, 0.5) is 5.69 Å². The predicted molar refractivity (Wildman–Crippen MR) is 68.1 cm³/mol. The maximum atomic E-state index is 10.9. The highest BCUT2D eigenvalue weighted by Gasteiger charge is 2.07. The molecule has 17 heavy (non-hydrogen) atoms. The Bertz CT molecular complexity index is 441. The maximum Gasteiger partial charge on any atom is 0.307 e. The van der Waals surface area contributed by atoms with Gasteiger partial charge in [0.25, 0.3) is 0 Å². The van der Waals surface area contributed by atoms with Crippen LogP contribution in [0.25, 0.3) is 0 Å². The minimum atomic E-state index is -0.267. The van der Waals surface area contributed by atoms with Crippen molar-refractivity contribution < 1.29 is 9.53 Å². The highest BCUT2D eigenvalue weighted by molar-refractivity contribution is 7.98. The van der Waals surface area contributed by atoms with Crippen molar-refractivity contribution in [2.24, 2.45) is 0 Å². The number of carbonyl (C=O) groups is 1. The van der Waals surface area contributed by atoms with Crippen molar-refractivity contribution in [2.45, 2.75) is 11.3 Å². The molecule has 1 aromatic rings. The number of hydrogen-bond donors (Lipinski definition) is 1. The van der Waals surface area contributed by atoms with Gasteiger partial charge in [0, 0.05) is 11.4 Å². The van der Waals surface area contributed by atoms with E-state index in [-0.39, 0.29) is 12.4 Å². The van der Waals surface area contributed by atoms with Gasteiger partial charge in [-0.3, -0.25) is 4.79 Å². The number of benzene rings is 1. The minimum absolute atomic E-state index is 0.267. The summed E-state index contributed by atoms with van der Waals surface area (Å²) in [5.74, 6) is -0.267. The summed E-state index contributed by atoms with van der Waals surface area (Å²) in [4.78, 5) is 11.9. The van der Waals surface area contributed by atoms with Crippen LogP contribution in [-0.2, 0) is 9.53 Å². The third-order valence-corrected chi connectivity index (χ3v) is 3.01. The third-order valence-electron chi connectivity index (χ3n) is 2.23. The molecule has 0 amide bonds. The van der Waals surface area contributed by atoms with Crippen LogP contribution in [0.1, 0.15) is 12.0 Å². The molecule has 0 aliphatic carbocycles. The molecule has 0 aromatic heterocycles. The quantitative estimate of drug-likeness (QED) is 0.641. The summed E-state index contributed by atoms with van der Waals surface area (Å²) in [6.45, 7) is 0.458. The number of nitrogens with one attached hydrogen (secondary N) is 1. The van der Waals surface area contributed by atoms with E-state index in [0.717, 1.165) is 10.6 Å². The molecule has 1 aromatic carbocycles. The Balaban J connectivity index is 2.71. The number of thioether (sulfide) groups is 1. The fourth-order valence-corrected chi connectivity index (χ4v) is 1.94. The predicted octanol–water partition coefficient (Wildman–Crippen LogP) is 2.26. The van der Waals surface area contributed by atoms with Gasteiger partial charge in [0.2, 0.25) is 0 Å². The average molecular weight is 250 g/mol. The molecule has 0 saturated heterocycles. The van der Waals surface area contributed by atoms with Crippen LogP contribution >= 0.6 is 11.8 Å². The van der Waals surface area contributed by atoms with Gasteiger partial charge in [-0.25, -0.2) is 0 Å². The zero-order valence-corrected chi connectivity index (χ0v) is 10.6. The number of methoxy groups -OCH3 is 1. The molecule has 0 radical (unpaired) electrons. The van der Waals surface area contributed by atoms with Gasteiger partial charge in [-0.15, -0.1) is 11.8 Å². The normalized spacial score (nSPS) is 9.47. The van der Waals surface area contributed by atoms with E-state index in [1.807, 2.05) is 24.5 Å². The molecular formula is C12H14N2O2S. The van der Waals surface area contributed by atoms with Gasteiger partial charge in [0.1, 0.15) is 6.07 Å². The molecular weight excluding hydrogens is 236 g/mol. The zero-order chi connectivity index (χ0) is 12.7. The highest BCUT2D eigenvalue weighted by atomic mass is 32.2. The molecule has 0 unspecified atom stereocenters. The maximum absolute atomic E-state index is 10.9. The van der Waals surface area contributed by atoms with Crippen molar-refractivity contribution in [3.63, 3.8) is 0 Å². The second-order valence-corrected chi connectivity index (χ2v) is 4.10. The van der Waals surface area contributed by atoms with Gasteiger partial charge >= 0.3 is 5.97 Å². The van der Waals surface area contributed by atoms with Crippen LogP contribution in [0, 0.1) is 11.3 Å². The van der Waals surface area contributed by atoms with E-state index < -0.39 is 0 Å². The Morgan fingerprint density at radius 2 is 2.35 bits per heavy atom. The summed E-state index contributed by atoms with van der Waals surface area (Å²) in [5.41, 5.74) is 1.37. The number of ether oxygens (including phenoxy) is 1. The molecule has 0 bridgehead atoms. The standard InChI is InChI=1S/C12H14N2O2S/c1-16-12(15)6-7-14-10-4-3-5-11(17-2)9(10)8-13/h3-5,14H,6-7H2,1-2H3. The molecule has 0 saturated carbocycles. The number of carbonyl (C=O) groups excluding carboxylic acids is 1. The molecule has 1 rings (SSSR count). The van der Waals surface area contributed by atoms with Crippen LogP contribution in [0.3, 0.4) is 0 Å². The molecule has 4 nitrogen and oxygen atoms in total. The number of nitriles is 1. The lowest BCUT2D eigenvalue weighted by Gasteiger charge is -2.09. The smallest absolute Gasteiger partial charge is 0.307 e. The summed E-state index contributed by atoms with van der Waals surface area (Å²) < 4.78 is 4.54. The van der Waals surface area contributed by atoms with E-state index >= 15 is 0 Å². The van der Waals surface area contributed by atoms with E-state index in [1.165, 1.54) is 18.9 Å². The number of nitrogens with zero attached hydrogens (tertiary/aromatic N) is 1. The van der Waals surface area contributed by atoms with Gasteiger partial charge in [-0.1, -0.05) is 6.07 Å². The number of anilines is 1. The number of hydrogen-bond acceptors (Lipinski definition) is 5. The van der Waals surface area contributed by atoms with Gasteiger partial charge < -0.3 is 10.1 Å². The topological polar surface area (TPSA) is 62.1 Å². The van der Waals surface area contributed by atoms with Crippen molar-refractivity contribution in [3.05, 3.63) is 23.8 Å². The Hall–Kier alpha value is -1.67. The summed E-state index contributed by atoms with van der Waals surface area (Å²) >= 11 is 1.52. The Kier molecular flexibility index (Phi) is 5.37. The van der Waals surface area contributed by atoms with E-state index in [4.69, 9.17) is 5.26 Å². The molecule has 0 aliphatic rings. The lowest BCUT2D eigenvalue weighted by molar-refractivity contribution is -0.140. The third kappa shape index (κ3) is 3.68. The molecule has 0 aliphatic heterocycles. The van der Waals surface area contributed by atoms with Crippen molar-refractivity contribution >= 4 is 23.4 Å². The lowest BCUT2D eigenvalue weighted by Crippen LogP contribution is -2.10. The second kappa shape index (κ2) is 6.81. The van der Waals surface area contributed by atoms with Crippen molar-refractivity contribution in [1.29, 1.82) is 5.26 Å². The molecule has 1 N–H and O–H groups in total. The van der Waals surface area contributed by atoms with Crippen molar-refractivity contribution in [1.82, 2.24) is 0 Å². The van der Waals surface area contributed by atoms with Crippen LogP contribution in [0.15, 0.2) is 23.1 Å². The van der Waals surface area contributed by atoms with E-state index in [9.17, 15) is 4.79 Å². The minimum Gasteiger partial charge on any atom is -0.469 e. The fourth-order valence-electron chi connectivity index (χ4n) is 1.37. The van der Waals surface area contributed by atoms with Crippen LogP contribution in [-0.4, -0.2) is 25.9 Å². The van der Waals surface area contributed by atoms with Crippen LogP contribution in [0.2, 0.25) is 0 Å². The second-order valence-electron chi connectivity index (χ2n) is 3.25. The Labute approximate surface area is 105 Å². The zero-order valence-electron chi connectivity index (χ0n) is 9.82. The number of rotatable bonds is 5. The van der Waals surface area contributed by atoms with E-state index in [0.29, 0.717) is 12.1 Å². The molecule has 90 valence electrons. The SMILES string of the molecule is COC(=O)CCNc1cccc(SC)c1C#N. The van der Waals surface area contributed by atoms with Crippen LogP contribution < -0.4 is 5.32 Å². The monoisotopic (exact) mass is 250 g/mol. The molecule has 0 heterocycles. The Morgan fingerprint density at radius 1 is 1.59 bits per heavy atom. The van der Waals surface area contributed by atoms with Crippen molar-refractivity contribution in [3.8, 4) is 6.07 Å². The van der Waals surface area contributed by atoms with Gasteiger partial charge in [0.05, 0.1) is 24.8 Å².